The molecule has 0 heterocycles. The highest BCUT2D eigenvalue weighted by Gasteiger charge is 2.22. The zero-order chi connectivity index (χ0) is 20.9. The lowest BCUT2D eigenvalue weighted by Crippen LogP contribution is -2.39. The van der Waals surface area contributed by atoms with Gasteiger partial charge in [-0.3, -0.25) is 19.2 Å². The molecule has 9 nitrogen and oxygen atoms in total. The number of amides is 1. The lowest BCUT2D eigenvalue weighted by molar-refractivity contribution is -0.384. The minimum Gasteiger partial charge on any atom is -0.271 e. The number of nitro benzene ring substituents is 1. The molecule has 2 aromatic carbocycles. The molecule has 0 spiro atoms. The van der Waals surface area contributed by atoms with Crippen molar-refractivity contribution in [2.75, 3.05) is 17.1 Å². The van der Waals surface area contributed by atoms with Gasteiger partial charge in [-0.05, 0) is 42.3 Å². The zero-order valence-electron chi connectivity index (χ0n) is 15.0. The molecule has 0 unspecified atom stereocenters. The molecule has 0 aliphatic carbocycles. The summed E-state index contributed by atoms with van der Waals surface area (Å²) in [5, 5.41) is 14.7. The SMILES string of the molecule is Cc1c(Cl)cccc1N(CC(=O)N/N=C\c1ccc([N+](=O)[O-])cc1)S(C)(=O)=O. The Labute approximate surface area is 166 Å². The van der Waals surface area contributed by atoms with Crippen LogP contribution in [0.2, 0.25) is 5.02 Å². The molecule has 0 saturated carbocycles. The molecule has 0 radical (unpaired) electrons. The fraction of sp³-hybridized carbons (Fsp3) is 0.176. The maximum absolute atomic E-state index is 12.2. The van der Waals surface area contributed by atoms with E-state index < -0.39 is 27.4 Å². The van der Waals surface area contributed by atoms with Gasteiger partial charge in [0.05, 0.1) is 23.1 Å². The number of nitrogens with zero attached hydrogens (tertiary/aromatic N) is 3. The van der Waals surface area contributed by atoms with E-state index >= 15 is 0 Å². The number of sulfonamides is 1. The molecule has 148 valence electrons. The molecule has 1 N–H and O–H groups in total. The maximum Gasteiger partial charge on any atom is 0.269 e. The Balaban J connectivity index is 2.10. The van der Waals surface area contributed by atoms with Gasteiger partial charge in [-0.15, -0.1) is 0 Å². The second kappa shape index (κ2) is 8.81. The molecule has 2 aromatic rings. The van der Waals surface area contributed by atoms with E-state index in [0.717, 1.165) is 10.6 Å². The summed E-state index contributed by atoms with van der Waals surface area (Å²) in [5.74, 6) is -0.664. The van der Waals surface area contributed by atoms with E-state index in [-0.39, 0.29) is 5.69 Å². The Morgan fingerprint density at radius 3 is 2.50 bits per heavy atom. The fourth-order valence-electron chi connectivity index (χ4n) is 2.27. The molecule has 0 bridgehead atoms. The lowest BCUT2D eigenvalue weighted by atomic mass is 10.2. The topological polar surface area (TPSA) is 122 Å². The monoisotopic (exact) mass is 424 g/mol. The molecule has 2 rings (SSSR count). The minimum absolute atomic E-state index is 0.0677. The number of hydrazone groups is 1. The number of anilines is 1. The molecular formula is C17H17ClN4O5S. The number of halogens is 1. The standard InChI is InChI=1S/C17H17ClN4O5S/c1-12-15(18)4-3-5-16(12)21(28(2,26)27)11-17(23)20-19-10-13-6-8-14(9-7-13)22(24)25/h3-10H,11H2,1-2H3,(H,20,23)/b19-10-. The molecule has 0 aromatic heterocycles. The number of hydrogen-bond donors (Lipinski definition) is 1. The summed E-state index contributed by atoms with van der Waals surface area (Å²) < 4.78 is 25.2. The van der Waals surface area contributed by atoms with Crippen molar-refractivity contribution in [2.24, 2.45) is 5.10 Å². The van der Waals surface area contributed by atoms with Crippen LogP contribution in [-0.4, -0.2) is 38.3 Å². The minimum atomic E-state index is -3.74. The zero-order valence-corrected chi connectivity index (χ0v) is 16.6. The number of rotatable bonds is 7. The molecule has 1 amide bonds. The molecule has 0 atom stereocenters. The van der Waals surface area contributed by atoms with E-state index in [1.165, 1.54) is 30.5 Å². The van der Waals surface area contributed by atoms with Crippen LogP contribution in [0.15, 0.2) is 47.6 Å². The second-order valence-corrected chi connectivity index (χ2v) is 8.11. The van der Waals surface area contributed by atoms with Crippen molar-refractivity contribution in [1.29, 1.82) is 0 Å². The van der Waals surface area contributed by atoms with Crippen LogP contribution in [0.25, 0.3) is 0 Å². The number of benzene rings is 2. The number of nitro groups is 1. The molecule has 28 heavy (non-hydrogen) atoms. The highest BCUT2D eigenvalue weighted by molar-refractivity contribution is 7.92. The fourth-order valence-corrected chi connectivity index (χ4v) is 3.35. The number of hydrogen-bond acceptors (Lipinski definition) is 6. The molecule has 0 aliphatic rings. The van der Waals surface area contributed by atoms with Crippen molar-refractivity contribution < 1.29 is 18.1 Å². The highest BCUT2D eigenvalue weighted by atomic mass is 35.5. The van der Waals surface area contributed by atoms with Crippen LogP contribution in [0.4, 0.5) is 11.4 Å². The Bertz CT molecular complexity index is 1020. The van der Waals surface area contributed by atoms with Crippen molar-refractivity contribution in [2.45, 2.75) is 6.92 Å². The summed E-state index contributed by atoms with van der Waals surface area (Å²) in [6.45, 7) is 1.16. The molecule has 0 aliphatic heterocycles. The molecular weight excluding hydrogens is 408 g/mol. The Morgan fingerprint density at radius 2 is 1.93 bits per heavy atom. The Morgan fingerprint density at radius 1 is 1.29 bits per heavy atom. The van der Waals surface area contributed by atoms with Gasteiger partial charge >= 0.3 is 0 Å². The highest BCUT2D eigenvalue weighted by Crippen LogP contribution is 2.27. The van der Waals surface area contributed by atoms with E-state index in [4.69, 9.17) is 11.6 Å². The van der Waals surface area contributed by atoms with Gasteiger partial charge in [-0.1, -0.05) is 17.7 Å². The largest absolute Gasteiger partial charge is 0.271 e. The van der Waals surface area contributed by atoms with Crippen LogP contribution in [0, 0.1) is 17.0 Å². The third-order valence-corrected chi connectivity index (χ3v) is 5.24. The van der Waals surface area contributed by atoms with Crippen LogP contribution < -0.4 is 9.73 Å². The third kappa shape index (κ3) is 5.51. The summed E-state index contributed by atoms with van der Waals surface area (Å²) in [6.07, 6.45) is 2.28. The van der Waals surface area contributed by atoms with Crippen molar-refractivity contribution in [3.05, 3.63) is 68.7 Å². The average molecular weight is 425 g/mol. The number of carbonyl (C=O) groups is 1. The molecule has 0 fully saturated rings. The van der Waals surface area contributed by atoms with Crippen LogP contribution >= 0.6 is 11.6 Å². The van der Waals surface area contributed by atoms with Gasteiger partial charge in [0.1, 0.15) is 6.54 Å². The van der Waals surface area contributed by atoms with Crippen molar-refractivity contribution in [3.8, 4) is 0 Å². The molecule has 0 saturated heterocycles. The third-order valence-electron chi connectivity index (χ3n) is 3.70. The first-order valence-corrected chi connectivity index (χ1v) is 10.1. The number of non-ortho nitro benzene ring substituents is 1. The van der Waals surface area contributed by atoms with Gasteiger partial charge in [0.25, 0.3) is 11.6 Å². The van der Waals surface area contributed by atoms with E-state index in [1.807, 2.05) is 0 Å². The second-order valence-electron chi connectivity index (χ2n) is 5.80. The predicted molar refractivity (Wildman–Crippen MR) is 107 cm³/mol. The van der Waals surface area contributed by atoms with Gasteiger partial charge in [0.2, 0.25) is 10.0 Å². The lowest BCUT2D eigenvalue weighted by Gasteiger charge is -2.23. The van der Waals surface area contributed by atoms with Crippen LogP contribution in [0.3, 0.4) is 0 Å². The first-order valence-electron chi connectivity index (χ1n) is 7.89. The summed E-state index contributed by atoms with van der Waals surface area (Å²) in [5.41, 5.74) is 3.51. The summed E-state index contributed by atoms with van der Waals surface area (Å²) >= 11 is 6.04. The normalized spacial score (nSPS) is 11.4. The van der Waals surface area contributed by atoms with Gasteiger partial charge < -0.3 is 0 Å². The maximum atomic E-state index is 12.2. The van der Waals surface area contributed by atoms with Crippen molar-refractivity contribution >= 4 is 45.1 Å². The van der Waals surface area contributed by atoms with E-state index in [2.05, 4.69) is 10.5 Å². The van der Waals surface area contributed by atoms with Crippen LogP contribution in [0.1, 0.15) is 11.1 Å². The molecule has 11 heteroatoms. The van der Waals surface area contributed by atoms with E-state index in [1.54, 1.807) is 25.1 Å². The Kier molecular flexibility index (Phi) is 6.71. The van der Waals surface area contributed by atoms with Crippen molar-refractivity contribution in [3.63, 3.8) is 0 Å². The van der Waals surface area contributed by atoms with Crippen LogP contribution in [-0.2, 0) is 14.8 Å². The smallest absolute Gasteiger partial charge is 0.269 e. The van der Waals surface area contributed by atoms with E-state index in [0.29, 0.717) is 21.8 Å². The van der Waals surface area contributed by atoms with Gasteiger partial charge in [0, 0.05) is 17.2 Å². The van der Waals surface area contributed by atoms with Gasteiger partial charge in [0.15, 0.2) is 0 Å². The summed E-state index contributed by atoms with van der Waals surface area (Å²) in [7, 11) is -3.74. The summed E-state index contributed by atoms with van der Waals surface area (Å²) in [4.78, 5) is 22.2. The number of carbonyl (C=O) groups excluding carboxylic acids is 1. The first kappa shape index (κ1) is 21.3. The van der Waals surface area contributed by atoms with Crippen LogP contribution in [0.5, 0.6) is 0 Å². The van der Waals surface area contributed by atoms with Gasteiger partial charge in [-0.25, -0.2) is 13.8 Å². The summed E-state index contributed by atoms with van der Waals surface area (Å²) in [6, 6.07) is 10.3. The first-order chi connectivity index (χ1) is 13.1. The average Bonchev–Trinajstić information content (AvgIpc) is 2.62. The quantitative estimate of drug-likeness (QED) is 0.415. The predicted octanol–water partition coefficient (Wildman–Crippen LogP) is 2.47. The Hall–Kier alpha value is -2.98. The number of nitrogens with one attached hydrogen (secondary N) is 1. The van der Waals surface area contributed by atoms with Crippen molar-refractivity contribution in [1.82, 2.24) is 5.43 Å². The van der Waals surface area contributed by atoms with Gasteiger partial charge in [-0.2, -0.15) is 5.10 Å². The van der Waals surface area contributed by atoms with E-state index in [9.17, 15) is 23.3 Å².